The number of fused-ring (bicyclic) bond motifs is 1. The molecule has 0 saturated heterocycles. The van der Waals surface area contributed by atoms with Crippen LogP contribution in [0.15, 0.2) is 69.4 Å². The van der Waals surface area contributed by atoms with Gasteiger partial charge in [-0.1, -0.05) is 12.1 Å². The number of nitrogens with zero attached hydrogens (tertiary/aromatic N) is 3. The highest BCUT2D eigenvalue weighted by Crippen LogP contribution is 2.39. The molecule has 0 aliphatic heterocycles. The molecule has 4 rings (SSSR count). The smallest absolute Gasteiger partial charge is 0.370 e. The number of halogens is 3. The molecular weight excluding hydrogens is 553 g/mol. The van der Waals surface area contributed by atoms with Gasteiger partial charge < -0.3 is 27.5 Å². The molecule has 4 aromatic rings. The highest BCUT2D eigenvalue weighted by atomic mass is 32.2. The summed E-state index contributed by atoms with van der Waals surface area (Å²) in [5.41, 5.74) is 15.3. The molecule has 218 valence electrons. The van der Waals surface area contributed by atoms with Gasteiger partial charge in [0, 0.05) is 35.3 Å². The predicted octanol–water partition coefficient (Wildman–Crippen LogP) is 4.03. The van der Waals surface area contributed by atoms with Gasteiger partial charge in [-0.3, -0.25) is 9.56 Å². The summed E-state index contributed by atoms with van der Waals surface area (Å²) in [5.74, 6) is 0.0804. The van der Waals surface area contributed by atoms with E-state index in [1.807, 2.05) is 30.3 Å². The number of benzene rings is 2. The fourth-order valence-electron chi connectivity index (χ4n) is 4.38. The molecule has 0 amide bonds. The van der Waals surface area contributed by atoms with Crippen LogP contribution in [-0.4, -0.2) is 45.6 Å². The second kappa shape index (κ2) is 13.7. The van der Waals surface area contributed by atoms with E-state index >= 15 is 0 Å². The Bertz CT molecular complexity index is 1540. The van der Waals surface area contributed by atoms with Crippen molar-refractivity contribution in [2.24, 2.45) is 22.2 Å². The van der Waals surface area contributed by atoms with Gasteiger partial charge in [-0.15, -0.1) is 0 Å². The van der Waals surface area contributed by atoms with E-state index in [1.165, 1.54) is 10.6 Å². The third-order valence-electron chi connectivity index (χ3n) is 6.29. The van der Waals surface area contributed by atoms with Crippen molar-refractivity contribution in [3.8, 4) is 16.9 Å². The number of alkyl halides is 3. The van der Waals surface area contributed by atoms with E-state index in [1.54, 1.807) is 18.3 Å². The number of nitrogens with one attached hydrogen (secondary N) is 2. The van der Waals surface area contributed by atoms with E-state index in [4.69, 9.17) is 17.2 Å². The lowest BCUT2D eigenvalue weighted by atomic mass is 10.0. The molecule has 0 atom stereocenters. The van der Waals surface area contributed by atoms with Gasteiger partial charge in [-0.05, 0) is 104 Å². The van der Waals surface area contributed by atoms with Gasteiger partial charge in [-0.25, -0.2) is 4.79 Å². The Balaban J connectivity index is 1.54. The van der Waals surface area contributed by atoms with Crippen LogP contribution in [-0.2, 0) is 13.0 Å². The lowest BCUT2D eigenvalue weighted by molar-refractivity contribution is -0.0328. The topological polar surface area (TPSA) is 153 Å². The van der Waals surface area contributed by atoms with Crippen LogP contribution in [0.5, 0.6) is 0 Å². The van der Waals surface area contributed by atoms with Gasteiger partial charge in [0.05, 0.1) is 5.69 Å². The Morgan fingerprint density at radius 3 is 2.54 bits per heavy atom. The predicted molar refractivity (Wildman–Crippen MR) is 158 cm³/mol. The minimum atomic E-state index is -4.40. The lowest BCUT2D eigenvalue weighted by Crippen LogP contribution is -2.23. The maximum absolute atomic E-state index is 13.2. The van der Waals surface area contributed by atoms with E-state index in [9.17, 15) is 18.0 Å². The fourth-order valence-corrected chi connectivity index (χ4v) is 5.04. The number of guanidine groups is 1. The monoisotopic (exact) mass is 586 g/mol. The quantitative estimate of drug-likeness (QED) is 0.0686. The second-order valence-corrected chi connectivity index (χ2v) is 10.7. The summed E-state index contributed by atoms with van der Waals surface area (Å²) in [6.45, 7) is 2.48. The number of hydrogen-bond acceptors (Lipinski definition) is 6. The highest BCUT2D eigenvalue weighted by molar-refractivity contribution is 8.00. The van der Waals surface area contributed by atoms with E-state index < -0.39 is 11.2 Å². The summed E-state index contributed by atoms with van der Waals surface area (Å²) in [5, 5.41) is 3.97. The Kier molecular flexibility index (Phi) is 10.1. The van der Waals surface area contributed by atoms with Crippen molar-refractivity contribution in [1.82, 2.24) is 19.9 Å². The molecule has 0 aliphatic carbocycles. The molecule has 13 heteroatoms. The number of rotatable bonds is 13. The molecular formula is C28H33F3N8OS. The van der Waals surface area contributed by atoms with Crippen molar-refractivity contribution in [3.05, 3.63) is 76.3 Å². The highest BCUT2D eigenvalue weighted by Gasteiger charge is 2.29. The third-order valence-corrected chi connectivity index (χ3v) is 6.99. The standard InChI is InChI=1S/C28H33F3N8OS/c29-28(30,31)41-23-13-19(4-1-2-9-32)12-20(14-23)24-15-21-17-39(27(40)38-25(21)37-24)22-7-5-18(6-8-22)16-35-10-3-11-36-26(33)34/h5-8,12-15,17,35H,1-4,9-11,16,32H2,(H4,33,34,36)(H,37,38,40). The lowest BCUT2D eigenvalue weighted by Gasteiger charge is -2.10. The minimum absolute atomic E-state index is 0.0804. The number of unbranched alkanes of at least 4 members (excludes halogenated alkanes) is 1. The molecule has 9 nitrogen and oxygen atoms in total. The van der Waals surface area contributed by atoms with Crippen molar-refractivity contribution in [2.45, 2.75) is 42.6 Å². The maximum atomic E-state index is 13.2. The van der Waals surface area contributed by atoms with Gasteiger partial charge in [0.2, 0.25) is 0 Å². The zero-order valence-corrected chi connectivity index (χ0v) is 23.2. The summed E-state index contributed by atoms with van der Waals surface area (Å²) < 4.78 is 40.9. The maximum Gasteiger partial charge on any atom is 0.446 e. The Labute approximate surface area is 239 Å². The molecule has 41 heavy (non-hydrogen) atoms. The Morgan fingerprint density at radius 2 is 1.83 bits per heavy atom. The molecule has 0 unspecified atom stereocenters. The number of hydrogen-bond donors (Lipinski definition) is 5. The number of thioether (sulfide) groups is 1. The van der Waals surface area contributed by atoms with Crippen LogP contribution in [0.3, 0.4) is 0 Å². The number of H-pyrrole nitrogens is 1. The first-order chi connectivity index (χ1) is 19.6. The average Bonchev–Trinajstić information content (AvgIpc) is 3.32. The summed E-state index contributed by atoms with van der Waals surface area (Å²) in [6, 6.07) is 14.2. The number of aromatic amines is 1. The molecule has 2 aromatic heterocycles. The molecule has 8 N–H and O–H groups in total. The van der Waals surface area contributed by atoms with Crippen molar-refractivity contribution in [1.29, 1.82) is 0 Å². The van der Waals surface area contributed by atoms with Gasteiger partial charge in [0.25, 0.3) is 0 Å². The van der Waals surface area contributed by atoms with E-state index in [-0.39, 0.29) is 22.6 Å². The zero-order valence-electron chi connectivity index (χ0n) is 22.4. The van der Waals surface area contributed by atoms with Crippen LogP contribution in [0, 0.1) is 0 Å². The van der Waals surface area contributed by atoms with E-state index in [0.717, 1.165) is 36.9 Å². The van der Waals surface area contributed by atoms with Crippen molar-refractivity contribution in [3.63, 3.8) is 0 Å². The van der Waals surface area contributed by atoms with E-state index in [2.05, 4.69) is 20.3 Å². The third kappa shape index (κ3) is 8.84. The molecule has 2 heterocycles. The van der Waals surface area contributed by atoms with Crippen molar-refractivity contribution < 1.29 is 13.2 Å². The number of nitrogens with two attached hydrogens (primary N) is 3. The largest absolute Gasteiger partial charge is 0.446 e. The number of aromatic nitrogens is 3. The zero-order chi connectivity index (χ0) is 29.4. The fraction of sp³-hybridized carbons (Fsp3) is 0.321. The van der Waals surface area contributed by atoms with Crippen LogP contribution in [0.1, 0.15) is 30.4 Å². The van der Waals surface area contributed by atoms with Crippen LogP contribution >= 0.6 is 11.8 Å². The molecule has 0 bridgehead atoms. The van der Waals surface area contributed by atoms with Crippen LogP contribution in [0.4, 0.5) is 13.2 Å². The number of aryl methyl sites for hydroxylation is 1. The molecule has 2 aromatic carbocycles. The Hall–Kier alpha value is -3.81. The summed E-state index contributed by atoms with van der Waals surface area (Å²) in [7, 11) is 0. The first-order valence-electron chi connectivity index (χ1n) is 13.2. The van der Waals surface area contributed by atoms with Crippen molar-refractivity contribution >= 4 is 28.8 Å². The molecule has 0 fully saturated rings. The van der Waals surface area contributed by atoms with Gasteiger partial charge >= 0.3 is 11.2 Å². The molecule has 0 spiro atoms. The SMILES string of the molecule is NCCCCc1cc(SC(F)(F)F)cc(-c2cc3cn(-c4ccc(CNCCCN=C(N)N)cc4)c(=O)nc3[nH]2)c1. The summed E-state index contributed by atoms with van der Waals surface area (Å²) >= 11 is -0.145. The average molecular weight is 587 g/mol. The summed E-state index contributed by atoms with van der Waals surface area (Å²) in [4.78, 5) is 24.2. The van der Waals surface area contributed by atoms with Crippen LogP contribution in [0.2, 0.25) is 0 Å². The first-order valence-corrected chi connectivity index (χ1v) is 14.0. The molecule has 0 aliphatic rings. The van der Waals surface area contributed by atoms with Gasteiger partial charge in [0.15, 0.2) is 5.96 Å². The molecule has 0 radical (unpaired) electrons. The van der Waals surface area contributed by atoms with Gasteiger partial charge in [-0.2, -0.15) is 18.2 Å². The van der Waals surface area contributed by atoms with E-state index in [0.29, 0.717) is 54.0 Å². The normalized spacial score (nSPS) is 11.7. The second-order valence-electron chi connectivity index (χ2n) is 9.54. The van der Waals surface area contributed by atoms with Crippen molar-refractivity contribution in [2.75, 3.05) is 19.6 Å². The number of aliphatic imine (C=N–C) groups is 1. The first kappa shape index (κ1) is 30.2. The van der Waals surface area contributed by atoms with Crippen LogP contribution < -0.4 is 28.2 Å². The minimum Gasteiger partial charge on any atom is -0.370 e. The molecule has 0 saturated carbocycles. The summed E-state index contributed by atoms with van der Waals surface area (Å²) in [6.07, 6.45) is 4.66. The Morgan fingerprint density at radius 1 is 1.05 bits per heavy atom. The van der Waals surface area contributed by atoms with Gasteiger partial charge in [0.1, 0.15) is 5.65 Å². The van der Waals surface area contributed by atoms with Crippen LogP contribution in [0.25, 0.3) is 28.0 Å².